The predicted octanol–water partition coefficient (Wildman–Crippen LogP) is 3.93. The Kier molecular flexibility index (Phi) is 7.92. The van der Waals surface area contributed by atoms with Crippen LogP contribution in [-0.2, 0) is 0 Å². The molecule has 1 heterocycles. The highest BCUT2D eigenvalue weighted by atomic mass is 19.4. The van der Waals surface area contributed by atoms with E-state index in [4.69, 9.17) is 15.0 Å². The fourth-order valence-corrected chi connectivity index (χ4v) is 3.73. The number of hydrogen-bond acceptors (Lipinski definition) is 6. The third-order valence-corrected chi connectivity index (χ3v) is 5.37. The van der Waals surface area contributed by atoms with E-state index in [9.17, 15) is 22.8 Å². The first-order valence-electron chi connectivity index (χ1n) is 10.4. The summed E-state index contributed by atoms with van der Waals surface area (Å²) in [5, 5.41) is 6.30. The van der Waals surface area contributed by atoms with E-state index in [1.54, 1.807) is 12.1 Å². The maximum absolute atomic E-state index is 13.0. The average molecular weight is 493 g/mol. The van der Waals surface area contributed by atoms with Crippen molar-refractivity contribution in [3.05, 3.63) is 64.0 Å². The number of para-hydroxylation sites is 1. The molecule has 0 unspecified atom stereocenters. The summed E-state index contributed by atoms with van der Waals surface area (Å²) in [5.41, 5.74) is 8.99. The molecule has 2 atom stereocenters. The van der Waals surface area contributed by atoms with Crippen LogP contribution in [0.5, 0.6) is 17.2 Å². The highest BCUT2D eigenvalue weighted by Gasteiger charge is 2.35. The molecule has 35 heavy (non-hydrogen) atoms. The van der Waals surface area contributed by atoms with Crippen molar-refractivity contribution in [1.29, 1.82) is 0 Å². The molecule has 0 saturated carbocycles. The molecule has 186 valence electrons. The minimum Gasteiger partial charge on any atom is -0.493 e. The van der Waals surface area contributed by atoms with E-state index in [-0.39, 0.29) is 31.0 Å². The molecular weight excluding hydrogens is 471 g/mol. The molecule has 0 aromatic heterocycles. The van der Waals surface area contributed by atoms with Gasteiger partial charge in [0, 0.05) is 29.6 Å². The van der Waals surface area contributed by atoms with Gasteiger partial charge < -0.3 is 24.4 Å². The fourth-order valence-electron chi connectivity index (χ4n) is 3.73. The quantitative estimate of drug-likeness (QED) is 0.355. The second-order valence-electron chi connectivity index (χ2n) is 7.51. The highest BCUT2D eigenvalue weighted by molar-refractivity contribution is 5.97. The maximum Gasteiger partial charge on any atom is 0.573 e. The monoisotopic (exact) mass is 493 g/mol. The lowest BCUT2D eigenvalue weighted by Crippen LogP contribution is -2.54. The van der Waals surface area contributed by atoms with Crippen molar-refractivity contribution in [2.75, 3.05) is 27.3 Å². The van der Waals surface area contributed by atoms with Gasteiger partial charge in [-0.2, -0.15) is 0 Å². The molecule has 1 fully saturated rings. The molecule has 13 heteroatoms. The molecule has 1 saturated heterocycles. The van der Waals surface area contributed by atoms with Gasteiger partial charge in [0.1, 0.15) is 5.75 Å². The Bertz CT molecular complexity index is 1140. The number of likely N-dealkylation sites (tertiary alicyclic amines) is 1. The van der Waals surface area contributed by atoms with E-state index >= 15 is 0 Å². The van der Waals surface area contributed by atoms with E-state index in [0.717, 1.165) is 6.07 Å². The van der Waals surface area contributed by atoms with Crippen molar-refractivity contribution in [3.8, 4) is 17.2 Å². The van der Waals surface area contributed by atoms with Crippen LogP contribution in [0.3, 0.4) is 0 Å². The number of rotatable bonds is 7. The first-order chi connectivity index (χ1) is 16.7. The summed E-state index contributed by atoms with van der Waals surface area (Å²) < 4.78 is 52.4. The van der Waals surface area contributed by atoms with E-state index in [1.165, 1.54) is 43.4 Å². The third kappa shape index (κ3) is 6.27. The van der Waals surface area contributed by atoms with Crippen LogP contribution in [0.4, 0.5) is 13.2 Å². The molecule has 2 aromatic rings. The molecular formula is C22H22F3N5O5. The second kappa shape index (κ2) is 10.9. The van der Waals surface area contributed by atoms with Crippen molar-refractivity contribution in [1.82, 2.24) is 10.2 Å². The minimum absolute atomic E-state index is 0.0110. The van der Waals surface area contributed by atoms with Crippen LogP contribution in [0.1, 0.15) is 27.1 Å². The number of amides is 2. The van der Waals surface area contributed by atoms with Gasteiger partial charge >= 0.3 is 6.36 Å². The number of benzene rings is 2. The van der Waals surface area contributed by atoms with Crippen molar-refractivity contribution in [3.63, 3.8) is 0 Å². The Labute approximate surface area is 198 Å². The van der Waals surface area contributed by atoms with Gasteiger partial charge in [0.15, 0.2) is 11.5 Å². The molecule has 2 amide bonds. The molecule has 1 aliphatic rings. The van der Waals surface area contributed by atoms with Crippen LogP contribution < -0.4 is 19.5 Å². The average Bonchev–Trinajstić information content (AvgIpc) is 2.83. The minimum atomic E-state index is -4.97. The van der Waals surface area contributed by atoms with Gasteiger partial charge in [0.2, 0.25) is 0 Å². The van der Waals surface area contributed by atoms with E-state index in [0.29, 0.717) is 17.1 Å². The number of alkyl halides is 3. The number of carbonyl (C=O) groups is 2. The standard InChI is InChI=1S/C22H22F3N5O5/c1-33-18-8-7-13(11-19(18)34-2)21(32)30-10-9-15(16(12-30)28-29-26)27-20(31)14-5-3-4-6-17(14)35-22(23,24)25/h3-8,11,15-16H,9-10,12H2,1-2H3,(H,27,31)/t15-,16+/m1/s1. The smallest absolute Gasteiger partial charge is 0.493 e. The predicted molar refractivity (Wildman–Crippen MR) is 117 cm³/mol. The number of azide groups is 1. The van der Waals surface area contributed by atoms with E-state index in [1.807, 2.05) is 0 Å². The molecule has 0 spiro atoms. The van der Waals surface area contributed by atoms with Crippen LogP contribution in [0, 0.1) is 0 Å². The molecule has 2 aromatic carbocycles. The highest BCUT2D eigenvalue weighted by Crippen LogP contribution is 2.29. The van der Waals surface area contributed by atoms with Crippen LogP contribution in [-0.4, -0.2) is 62.5 Å². The SMILES string of the molecule is COc1ccc(C(=O)N2CC[C@@H](NC(=O)c3ccccc3OC(F)(F)F)[C@@H](N=[N+]=[N-])C2)cc1OC. The van der Waals surface area contributed by atoms with Crippen LogP contribution in [0.15, 0.2) is 47.6 Å². The number of ether oxygens (including phenoxy) is 3. The van der Waals surface area contributed by atoms with Gasteiger partial charge in [-0.25, -0.2) is 0 Å². The number of nitrogens with zero attached hydrogens (tertiary/aromatic N) is 4. The molecule has 0 bridgehead atoms. The van der Waals surface area contributed by atoms with Crippen LogP contribution in [0.25, 0.3) is 10.4 Å². The molecule has 0 radical (unpaired) electrons. The van der Waals surface area contributed by atoms with Gasteiger partial charge in [-0.15, -0.1) is 13.2 Å². The van der Waals surface area contributed by atoms with E-state index in [2.05, 4.69) is 20.1 Å². The Morgan fingerprint density at radius 1 is 1.11 bits per heavy atom. The topological polar surface area (TPSA) is 126 Å². The molecule has 1 aliphatic heterocycles. The Hall–Kier alpha value is -4.12. The van der Waals surface area contributed by atoms with Gasteiger partial charge in [-0.05, 0) is 42.3 Å². The lowest BCUT2D eigenvalue weighted by molar-refractivity contribution is -0.274. The van der Waals surface area contributed by atoms with Crippen molar-refractivity contribution >= 4 is 11.8 Å². The second-order valence-corrected chi connectivity index (χ2v) is 7.51. The largest absolute Gasteiger partial charge is 0.573 e. The molecule has 10 nitrogen and oxygen atoms in total. The maximum atomic E-state index is 13.0. The fraction of sp³-hybridized carbons (Fsp3) is 0.364. The summed E-state index contributed by atoms with van der Waals surface area (Å²) in [7, 11) is 2.91. The van der Waals surface area contributed by atoms with Gasteiger partial charge in [-0.3, -0.25) is 9.59 Å². The number of carbonyl (C=O) groups excluding carboxylic acids is 2. The van der Waals surface area contributed by atoms with Gasteiger partial charge in [0.25, 0.3) is 11.8 Å². The number of hydrogen-bond donors (Lipinski definition) is 1. The first kappa shape index (κ1) is 25.5. The zero-order valence-corrected chi connectivity index (χ0v) is 18.8. The number of piperidine rings is 1. The van der Waals surface area contributed by atoms with Crippen molar-refractivity contribution < 1.29 is 37.0 Å². The lowest BCUT2D eigenvalue weighted by atomic mass is 9.98. The Balaban J connectivity index is 1.75. The summed E-state index contributed by atoms with van der Waals surface area (Å²) in [4.78, 5) is 30.0. The molecule has 3 rings (SSSR count). The molecule has 1 N–H and O–H groups in total. The lowest BCUT2D eigenvalue weighted by Gasteiger charge is -2.37. The summed E-state index contributed by atoms with van der Waals surface area (Å²) in [6, 6.07) is 8.03. The Morgan fingerprint density at radius 3 is 2.49 bits per heavy atom. The normalized spacial score (nSPS) is 17.7. The van der Waals surface area contributed by atoms with Crippen molar-refractivity contribution in [2.24, 2.45) is 5.11 Å². The van der Waals surface area contributed by atoms with Crippen molar-refractivity contribution in [2.45, 2.75) is 24.9 Å². The van der Waals surface area contributed by atoms with Gasteiger partial charge in [-0.1, -0.05) is 17.2 Å². The zero-order valence-electron chi connectivity index (χ0n) is 18.8. The third-order valence-electron chi connectivity index (χ3n) is 5.37. The summed E-state index contributed by atoms with van der Waals surface area (Å²) in [5.74, 6) is -1.01. The number of methoxy groups -OCH3 is 2. The van der Waals surface area contributed by atoms with Crippen LogP contribution in [0.2, 0.25) is 0 Å². The van der Waals surface area contributed by atoms with Crippen LogP contribution >= 0.6 is 0 Å². The summed E-state index contributed by atoms with van der Waals surface area (Å²) >= 11 is 0. The zero-order chi connectivity index (χ0) is 25.6. The van der Waals surface area contributed by atoms with Gasteiger partial charge in [0.05, 0.1) is 25.8 Å². The molecule has 0 aliphatic carbocycles. The van der Waals surface area contributed by atoms with E-state index < -0.39 is 30.1 Å². The first-order valence-corrected chi connectivity index (χ1v) is 10.4. The number of nitrogens with one attached hydrogen (secondary N) is 1. The number of halogens is 3. The summed E-state index contributed by atoms with van der Waals surface area (Å²) in [6.07, 6.45) is -4.77. The Morgan fingerprint density at radius 2 is 1.83 bits per heavy atom. The summed E-state index contributed by atoms with van der Waals surface area (Å²) in [6.45, 7) is 0.194.